The first kappa shape index (κ1) is 18.5. The van der Waals surface area contributed by atoms with E-state index >= 15 is 0 Å². The van der Waals surface area contributed by atoms with Crippen molar-refractivity contribution < 1.29 is 14.3 Å². The Bertz CT molecular complexity index is 704. The minimum absolute atomic E-state index is 0.138. The van der Waals surface area contributed by atoms with Gasteiger partial charge in [0.2, 0.25) is 5.91 Å². The van der Waals surface area contributed by atoms with Crippen molar-refractivity contribution in [2.45, 2.75) is 32.8 Å². The Hall–Kier alpha value is -2.82. The third-order valence-electron chi connectivity index (χ3n) is 3.28. The van der Waals surface area contributed by atoms with Crippen molar-refractivity contribution in [2.75, 3.05) is 11.9 Å². The number of alkyl carbamates (subject to hydrolysis) is 1. The fourth-order valence-electron chi connectivity index (χ4n) is 2.21. The SMILES string of the molecule is CC(C)(C)OC(=O)NCC(=O)Nc1ccc(Cc2ccccc2)cc1. The van der Waals surface area contributed by atoms with Gasteiger partial charge in [-0.05, 0) is 50.5 Å². The highest BCUT2D eigenvalue weighted by atomic mass is 16.6. The Morgan fingerprint density at radius 3 is 2.12 bits per heavy atom. The monoisotopic (exact) mass is 340 g/mol. The van der Waals surface area contributed by atoms with E-state index in [1.54, 1.807) is 20.8 Å². The number of rotatable bonds is 5. The Morgan fingerprint density at radius 2 is 1.52 bits per heavy atom. The van der Waals surface area contributed by atoms with Crippen molar-refractivity contribution in [3.8, 4) is 0 Å². The van der Waals surface area contributed by atoms with E-state index in [1.807, 2.05) is 42.5 Å². The molecule has 2 rings (SSSR count). The van der Waals surface area contributed by atoms with Gasteiger partial charge < -0.3 is 15.4 Å². The number of hydrogen-bond donors (Lipinski definition) is 2. The number of ether oxygens (including phenoxy) is 1. The molecule has 0 aliphatic rings. The van der Waals surface area contributed by atoms with Gasteiger partial charge in [-0.2, -0.15) is 0 Å². The van der Waals surface area contributed by atoms with Gasteiger partial charge in [-0.25, -0.2) is 4.79 Å². The standard InChI is InChI=1S/C20H24N2O3/c1-20(2,3)25-19(24)21-14-18(23)22-17-11-9-16(10-12-17)13-15-7-5-4-6-8-15/h4-12H,13-14H2,1-3H3,(H,21,24)(H,22,23). The van der Waals surface area contributed by atoms with Gasteiger partial charge in [0.25, 0.3) is 0 Å². The third kappa shape index (κ3) is 7.08. The molecule has 0 aromatic heterocycles. The molecule has 0 spiro atoms. The van der Waals surface area contributed by atoms with Crippen molar-refractivity contribution in [2.24, 2.45) is 0 Å². The predicted molar refractivity (Wildman–Crippen MR) is 98.6 cm³/mol. The van der Waals surface area contributed by atoms with E-state index in [0.29, 0.717) is 5.69 Å². The number of carbonyl (C=O) groups is 2. The lowest BCUT2D eigenvalue weighted by molar-refractivity contribution is -0.115. The molecule has 2 aromatic rings. The molecular formula is C20H24N2O3. The van der Waals surface area contributed by atoms with E-state index in [0.717, 1.165) is 12.0 Å². The molecule has 2 N–H and O–H groups in total. The van der Waals surface area contributed by atoms with E-state index in [2.05, 4.69) is 22.8 Å². The van der Waals surface area contributed by atoms with Crippen LogP contribution < -0.4 is 10.6 Å². The predicted octanol–water partition coefficient (Wildman–Crippen LogP) is 3.74. The first-order valence-electron chi connectivity index (χ1n) is 8.21. The van der Waals surface area contributed by atoms with E-state index in [1.165, 1.54) is 5.56 Å². The Morgan fingerprint density at radius 1 is 0.920 bits per heavy atom. The van der Waals surface area contributed by atoms with Crippen LogP contribution in [0.5, 0.6) is 0 Å². The maximum absolute atomic E-state index is 11.9. The summed E-state index contributed by atoms with van der Waals surface area (Å²) in [6.45, 7) is 5.16. The molecule has 132 valence electrons. The second-order valence-corrected chi connectivity index (χ2v) is 6.76. The van der Waals surface area contributed by atoms with Gasteiger partial charge in [0.05, 0.1) is 0 Å². The summed E-state index contributed by atoms with van der Waals surface area (Å²) in [5.41, 5.74) is 2.50. The molecular weight excluding hydrogens is 316 g/mol. The van der Waals surface area contributed by atoms with E-state index in [4.69, 9.17) is 4.74 Å². The zero-order chi connectivity index (χ0) is 18.3. The van der Waals surface area contributed by atoms with Crippen LogP contribution in [0.1, 0.15) is 31.9 Å². The summed E-state index contributed by atoms with van der Waals surface area (Å²) >= 11 is 0. The normalized spacial score (nSPS) is 10.8. The lowest BCUT2D eigenvalue weighted by Crippen LogP contribution is -2.37. The molecule has 0 bridgehead atoms. The van der Waals surface area contributed by atoms with Crippen LogP contribution in [0.4, 0.5) is 10.5 Å². The zero-order valence-corrected chi connectivity index (χ0v) is 14.8. The van der Waals surface area contributed by atoms with Gasteiger partial charge in [0, 0.05) is 5.69 Å². The number of amides is 2. The third-order valence-corrected chi connectivity index (χ3v) is 3.28. The molecule has 0 unspecified atom stereocenters. The van der Waals surface area contributed by atoms with E-state index in [9.17, 15) is 9.59 Å². The highest BCUT2D eigenvalue weighted by molar-refractivity contribution is 5.93. The van der Waals surface area contributed by atoms with Crippen LogP contribution in [0.2, 0.25) is 0 Å². The Labute approximate surface area is 148 Å². The highest BCUT2D eigenvalue weighted by Crippen LogP contribution is 2.13. The smallest absolute Gasteiger partial charge is 0.408 e. The molecule has 0 radical (unpaired) electrons. The summed E-state index contributed by atoms with van der Waals surface area (Å²) < 4.78 is 5.08. The van der Waals surface area contributed by atoms with Crippen LogP contribution in [-0.2, 0) is 16.0 Å². The summed E-state index contributed by atoms with van der Waals surface area (Å²) in [5.74, 6) is -0.304. The molecule has 0 heterocycles. The topological polar surface area (TPSA) is 67.4 Å². The highest BCUT2D eigenvalue weighted by Gasteiger charge is 2.16. The van der Waals surface area contributed by atoms with Crippen molar-refractivity contribution >= 4 is 17.7 Å². The fourth-order valence-corrected chi connectivity index (χ4v) is 2.21. The quantitative estimate of drug-likeness (QED) is 0.871. The van der Waals surface area contributed by atoms with Gasteiger partial charge in [0.15, 0.2) is 0 Å². The lowest BCUT2D eigenvalue weighted by Gasteiger charge is -2.19. The molecule has 0 aliphatic heterocycles. The molecule has 0 saturated heterocycles. The average Bonchev–Trinajstić information content (AvgIpc) is 2.54. The van der Waals surface area contributed by atoms with E-state index < -0.39 is 11.7 Å². The molecule has 25 heavy (non-hydrogen) atoms. The summed E-state index contributed by atoms with van der Waals surface area (Å²) in [4.78, 5) is 23.4. The molecule has 0 atom stereocenters. The number of anilines is 1. The average molecular weight is 340 g/mol. The Balaban J connectivity index is 1.80. The molecule has 0 fully saturated rings. The second-order valence-electron chi connectivity index (χ2n) is 6.76. The maximum atomic E-state index is 11.9. The summed E-state index contributed by atoms with van der Waals surface area (Å²) in [6, 6.07) is 17.8. The first-order valence-corrected chi connectivity index (χ1v) is 8.21. The maximum Gasteiger partial charge on any atom is 0.408 e. The molecule has 2 aromatic carbocycles. The van der Waals surface area contributed by atoms with Crippen LogP contribution in [0.3, 0.4) is 0 Å². The van der Waals surface area contributed by atoms with Crippen LogP contribution in [0, 0.1) is 0 Å². The van der Waals surface area contributed by atoms with Crippen LogP contribution in [-0.4, -0.2) is 24.1 Å². The van der Waals surface area contributed by atoms with Crippen molar-refractivity contribution in [1.82, 2.24) is 5.32 Å². The minimum Gasteiger partial charge on any atom is -0.444 e. The molecule has 0 saturated carbocycles. The number of hydrogen-bond acceptors (Lipinski definition) is 3. The summed E-state index contributed by atoms with van der Waals surface area (Å²) in [6.07, 6.45) is 0.232. The van der Waals surface area contributed by atoms with Crippen LogP contribution >= 0.6 is 0 Å². The second kappa shape index (κ2) is 8.33. The van der Waals surface area contributed by atoms with Gasteiger partial charge in [-0.3, -0.25) is 4.79 Å². The fraction of sp³-hybridized carbons (Fsp3) is 0.300. The van der Waals surface area contributed by atoms with Gasteiger partial charge in [-0.1, -0.05) is 42.5 Å². The molecule has 0 aliphatic carbocycles. The number of benzene rings is 2. The van der Waals surface area contributed by atoms with E-state index in [-0.39, 0.29) is 12.5 Å². The largest absolute Gasteiger partial charge is 0.444 e. The lowest BCUT2D eigenvalue weighted by atomic mass is 10.0. The van der Waals surface area contributed by atoms with Crippen molar-refractivity contribution in [3.63, 3.8) is 0 Å². The molecule has 5 nitrogen and oxygen atoms in total. The number of nitrogens with one attached hydrogen (secondary N) is 2. The minimum atomic E-state index is -0.610. The number of carbonyl (C=O) groups excluding carboxylic acids is 2. The van der Waals surface area contributed by atoms with Gasteiger partial charge >= 0.3 is 6.09 Å². The zero-order valence-electron chi connectivity index (χ0n) is 14.8. The first-order chi connectivity index (χ1) is 11.8. The van der Waals surface area contributed by atoms with Crippen LogP contribution in [0.25, 0.3) is 0 Å². The van der Waals surface area contributed by atoms with Gasteiger partial charge in [-0.15, -0.1) is 0 Å². The van der Waals surface area contributed by atoms with Crippen molar-refractivity contribution in [3.05, 3.63) is 65.7 Å². The summed E-state index contributed by atoms with van der Waals surface area (Å²) in [5, 5.41) is 5.17. The molecule has 5 heteroatoms. The van der Waals surface area contributed by atoms with Gasteiger partial charge in [0.1, 0.15) is 12.1 Å². The Kier molecular flexibility index (Phi) is 6.17. The van der Waals surface area contributed by atoms with Crippen LogP contribution in [0.15, 0.2) is 54.6 Å². The molecule has 2 amide bonds. The summed E-state index contributed by atoms with van der Waals surface area (Å²) in [7, 11) is 0. The van der Waals surface area contributed by atoms with Crippen molar-refractivity contribution in [1.29, 1.82) is 0 Å².